The van der Waals surface area contributed by atoms with Crippen molar-refractivity contribution in [3.8, 4) is 0 Å². The van der Waals surface area contributed by atoms with Crippen molar-refractivity contribution in [2.75, 3.05) is 6.61 Å². The number of nitrogens with one attached hydrogen (secondary N) is 2. The number of hydrogen-bond acceptors (Lipinski definition) is 4. The van der Waals surface area contributed by atoms with Crippen molar-refractivity contribution in [3.05, 3.63) is 34.9 Å². The van der Waals surface area contributed by atoms with Crippen molar-refractivity contribution in [1.29, 1.82) is 0 Å². The number of benzene rings is 1. The number of aryl methyl sites for hydroxylation is 2. The first-order chi connectivity index (χ1) is 12.0. The number of fused-ring (bicyclic) bond motifs is 1. The third kappa shape index (κ3) is 6.21. The van der Waals surface area contributed by atoms with Crippen LogP contribution in [0.15, 0.2) is 18.2 Å². The molecule has 136 valence electrons. The zero-order valence-corrected chi connectivity index (χ0v) is 14.9. The predicted octanol–water partition coefficient (Wildman–Crippen LogP) is 2.28. The molecular weight excluding hydrogens is 320 g/mol. The second kappa shape index (κ2) is 9.20. The molecule has 0 saturated carbocycles. The number of urea groups is 1. The Morgan fingerprint density at radius 2 is 1.88 bits per heavy atom. The molecule has 2 rings (SSSR count). The fourth-order valence-corrected chi connectivity index (χ4v) is 2.79. The lowest BCUT2D eigenvalue weighted by atomic mass is 9.90. The Bertz CT molecular complexity index is 642. The standard InChI is InChI=1S/C19H26N2O4/c1-3-13(2)20-19(24)21-17(22)12-25-18(23)11-14-8-9-15-6-4-5-7-16(15)10-14/h8-10,13H,3-7,11-12H2,1-2H3,(H2,20,21,22,24)/t13-/m0/s1. The summed E-state index contributed by atoms with van der Waals surface area (Å²) >= 11 is 0. The third-order valence-corrected chi connectivity index (χ3v) is 4.37. The smallest absolute Gasteiger partial charge is 0.321 e. The Hall–Kier alpha value is -2.37. The van der Waals surface area contributed by atoms with E-state index >= 15 is 0 Å². The Balaban J connectivity index is 1.75. The number of imide groups is 1. The summed E-state index contributed by atoms with van der Waals surface area (Å²) in [7, 11) is 0. The minimum Gasteiger partial charge on any atom is -0.455 e. The number of esters is 1. The van der Waals surface area contributed by atoms with Gasteiger partial charge in [-0.15, -0.1) is 0 Å². The molecule has 1 aromatic rings. The maximum Gasteiger partial charge on any atom is 0.321 e. The average molecular weight is 346 g/mol. The van der Waals surface area contributed by atoms with E-state index in [9.17, 15) is 14.4 Å². The fraction of sp³-hybridized carbons (Fsp3) is 0.526. The van der Waals surface area contributed by atoms with Gasteiger partial charge < -0.3 is 10.1 Å². The SMILES string of the molecule is CC[C@H](C)NC(=O)NC(=O)COC(=O)Cc1ccc2c(c1)CCCC2. The highest BCUT2D eigenvalue weighted by Crippen LogP contribution is 2.22. The first-order valence-corrected chi connectivity index (χ1v) is 8.84. The van der Waals surface area contributed by atoms with Crippen LogP contribution in [0.4, 0.5) is 4.79 Å². The van der Waals surface area contributed by atoms with Crippen LogP contribution in [-0.4, -0.2) is 30.6 Å². The Kier molecular flexibility index (Phi) is 6.98. The second-order valence-corrected chi connectivity index (χ2v) is 6.48. The van der Waals surface area contributed by atoms with Gasteiger partial charge in [-0.05, 0) is 55.7 Å². The molecule has 0 radical (unpaired) electrons. The number of rotatable bonds is 6. The Morgan fingerprint density at radius 3 is 2.60 bits per heavy atom. The van der Waals surface area contributed by atoms with Gasteiger partial charge in [0, 0.05) is 6.04 Å². The second-order valence-electron chi connectivity index (χ2n) is 6.48. The van der Waals surface area contributed by atoms with Crippen LogP contribution in [0, 0.1) is 0 Å². The van der Waals surface area contributed by atoms with Crippen LogP contribution in [0.5, 0.6) is 0 Å². The number of carbonyl (C=O) groups excluding carboxylic acids is 3. The molecule has 0 heterocycles. The molecule has 1 aliphatic rings. The molecule has 25 heavy (non-hydrogen) atoms. The van der Waals surface area contributed by atoms with Crippen molar-refractivity contribution in [1.82, 2.24) is 10.6 Å². The van der Waals surface area contributed by atoms with E-state index in [1.807, 2.05) is 19.9 Å². The molecule has 0 saturated heterocycles. The van der Waals surface area contributed by atoms with Crippen molar-refractivity contribution < 1.29 is 19.1 Å². The van der Waals surface area contributed by atoms with Gasteiger partial charge in [-0.3, -0.25) is 14.9 Å². The monoisotopic (exact) mass is 346 g/mol. The van der Waals surface area contributed by atoms with Crippen LogP contribution < -0.4 is 10.6 Å². The molecule has 1 aliphatic carbocycles. The number of ether oxygens (including phenoxy) is 1. The molecule has 0 fully saturated rings. The van der Waals surface area contributed by atoms with Gasteiger partial charge >= 0.3 is 12.0 Å². The molecule has 6 nitrogen and oxygen atoms in total. The summed E-state index contributed by atoms with van der Waals surface area (Å²) in [5.74, 6) is -1.12. The van der Waals surface area contributed by atoms with Gasteiger partial charge in [-0.2, -0.15) is 0 Å². The lowest BCUT2D eigenvalue weighted by Crippen LogP contribution is -2.44. The molecule has 0 aliphatic heterocycles. The summed E-state index contributed by atoms with van der Waals surface area (Å²) in [6.45, 7) is 3.30. The van der Waals surface area contributed by atoms with E-state index in [2.05, 4.69) is 22.8 Å². The summed E-state index contributed by atoms with van der Waals surface area (Å²) in [4.78, 5) is 35.0. The van der Waals surface area contributed by atoms with Gasteiger partial charge in [-0.25, -0.2) is 4.79 Å². The summed E-state index contributed by atoms with van der Waals surface area (Å²) in [6.07, 6.45) is 5.43. The minimum absolute atomic E-state index is 0.0284. The highest BCUT2D eigenvalue weighted by molar-refractivity contribution is 5.95. The molecule has 3 amide bonds. The van der Waals surface area contributed by atoms with Crippen LogP contribution in [0.3, 0.4) is 0 Å². The lowest BCUT2D eigenvalue weighted by Gasteiger charge is -2.16. The highest BCUT2D eigenvalue weighted by atomic mass is 16.5. The molecule has 1 atom stereocenters. The van der Waals surface area contributed by atoms with Crippen molar-refractivity contribution >= 4 is 17.9 Å². The molecule has 2 N–H and O–H groups in total. The van der Waals surface area contributed by atoms with Crippen molar-refractivity contribution in [3.63, 3.8) is 0 Å². The van der Waals surface area contributed by atoms with Crippen molar-refractivity contribution in [2.45, 2.75) is 58.4 Å². The molecule has 0 aromatic heterocycles. The fourth-order valence-electron chi connectivity index (χ4n) is 2.79. The van der Waals surface area contributed by atoms with Crippen LogP contribution in [0.25, 0.3) is 0 Å². The van der Waals surface area contributed by atoms with Gasteiger partial charge in [0.1, 0.15) is 0 Å². The van der Waals surface area contributed by atoms with E-state index in [-0.39, 0.29) is 12.5 Å². The Morgan fingerprint density at radius 1 is 1.16 bits per heavy atom. The van der Waals surface area contributed by atoms with Gasteiger partial charge in [0.2, 0.25) is 0 Å². The summed E-state index contributed by atoms with van der Waals surface area (Å²) in [5.41, 5.74) is 3.55. The normalized spacial score (nSPS) is 14.2. The van der Waals surface area contributed by atoms with Crippen LogP contribution in [0.1, 0.15) is 49.8 Å². The summed E-state index contributed by atoms with van der Waals surface area (Å²) < 4.78 is 4.95. The molecule has 0 unspecified atom stereocenters. The number of carbonyl (C=O) groups is 3. The predicted molar refractivity (Wildman–Crippen MR) is 94.2 cm³/mol. The Labute approximate surface area is 148 Å². The van der Waals surface area contributed by atoms with E-state index in [0.29, 0.717) is 0 Å². The molecule has 6 heteroatoms. The summed E-state index contributed by atoms with van der Waals surface area (Å²) in [6, 6.07) is 5.45. The molecule has 1 aromatic carbocycles. The van der Waals surface area contributed by atoms with Gasteiger partial charge in [0.15, 0.2) is 6.61 Å². The van der Waals surface area contributed by atoms with E-state index in [0.717, 1.165) is 24.8 Å². The zero-order valence-electron chi connectivity index (χ0n) is 14.9. The maximum absolute atomic E-state index is 11.9. The van der Waals surface area contributed by atoms with Crippen LogP contribution >= 0.6 is 0 Å². The quantitative estimate of drug-likeness (QED) is 0.774. The highest BCUT2D eigenvalue weighted by Gasteiger charge is 2.14. The first-order valence-electron chi connectivity index (χ1n) is 8.84. The number of amides is 3. The van der Waals surface area contributed by atoms with E-state index < -0.39 is 24.5 Å². The minimum atomic E-state index is -0.639. The van der Waals surface area contributed by atoms with Gasteiger partial charge in [-0.1, -0.05) is 25.1 Å². The maximum atomic E-state index is 11.9. The van der Waals surface area contributed by atoms with Gasteiger partial charge in [0.25, 0.3) is 5.91 Å². The summed E-state index contributed by atoms with van der Waals surface area (Å²) in [5, 5.41) is 4.74. The van der Waals surface area contributed by atoms with Gasteiger partial charge in [0.05, 0.1) is 6.42 Å². The molecule has 0 spiro atoms. The average Bonchev–Trinajstić information content (AvgIpc) is 2.59. The first kappa shape index (κ1) is 19.0. The lowest BCUT2D eigenvalue weighted by molar-refractivity contribution is -0.147. The molecular formula is C19H26N2O4. The van der Waals surface area contributed by atoms with Crippen LogP contribution in [0.2, 0.25) is 0 Å². The molecule has 0 bridgehead atoms. The van der Waals surface area contributed by atoms with Crippen molar-refractivity contribution in [2.24, 2.45) is 0 Å². The van der Waals surface area contributed by atoms with Crippen LogP contribution in [-0.2, 0) is 33.6 Å². The number of hydrogen-bond donors (Lipinski definition) is 2. The van der Waals surface area contributed by atoms with E-state index in [1.165, 1.54) is 24.0 Å². The largest absolute Gasteiger partial charge is 0.455 e. The van der Waals surface area contributed by atoms with E-state index in [4.69, 9.17) is 4.74 Å². The zero-order chi connectivity index (χ0) is 18.2. The topological polar surface area (TPSA) is 84.5 Å². The third-order valence-electron chi connectivity index (χ3n) is 4.37. The van der Waals surface area contributed by atoms with E-state index in [1.54, 1.807) is 0 Å².